The Morgan fingerprint density at radius 2 is 1.87 bits per heavy atom. The first-order valence-electron chi connectivity index (χ1n) is 9.13. The number of hydrogen-bond acceptors (Lipinski definition) is 7. The predicted molar refractivity (Wildman–Crippen MR) is 107 cm³/mol. The van der Waals surface area contributed by atoms with Crippen LogP contribution in [0, 0.1) is 0 Å². The van der Waals surface area contributed by atoms with Crippen LogP contribution in [0.1, 0.15) is 11.6 Å². The highest BCUT2D eigenvalue weighted by Crippen LogP contribution is 2.39. The number of anilines is 2. The van der Waals surface area contributed by atoms with Crippen LogP contribution < -0.4 is 15.4 Å². The molecule has 1 atom stereocenters. The summed E-state index contributed by atoms with van der Waals surface area (Å²) in [4.78, 5) is 40.4. The number of ether oxygens (including phenoxy) is 1. The third-order valence-electron chi connectivity index (χ3n) is 4.88. The van der Waals surface area contributed by atoms with Crippen molar-refractivity contribution in [1.29, 1.82) is 0 Å². The number of benzene rings is 1. The first kappa shape index (κ1) is 20.1. The predicted octanol–water partition coefficient (Wildman–Crippen LogP) is 0.869. The van der Waals surface area contributed by atoms with Crippen LogP contribution in [0.5, 0.6) is 0 Å². The van der Waals surface area contributed by atoms with Crippen LogP contribution in [0.2, 0.25) is 0 Å². The van der Waals surface area contributed by atoms with Gasteiger partial charge in [0.05, 0.1) is 31.1 Å². The summed E-state index contributed by atoms with van der Waals surface area (Å²) in [7, 11) is -3.72. The fourth-order valence-corrected chi connectivity index (χ4v) is 3.96. The van der Waals surface area contributed by atoms with Crippen molar-refractivity contribution >= 4 is 33.6 Å². The topological polar surface area (TPSA) is 115 Å². The van der Waals surface area contributed by atoms with Crippen molar-refractivity contribution in [2.45, 2.75) is 12.6 Å². The molecule has 2 aliphatic heterocycles. The highest BCUT2D eigenvalue weighted by molar-refractivity contribution is 7.85. The average Bonchev–Trinajstić information content (AvgIpc) is 3.10. The highest BCUT2D eigenvalue weighted by atomic mass is 32.2. The minimum Gasteiger partial charge on any atom is -0.444 e. The van der Waals surface area contributed by atoms with E-state index in [9.17, 15) is 22.8 Å². The van der Waals surface area contributed by atoms with Crippen molar-refractivity contribution in [3.05, 3.63) is 58.4 Å². The van der Waals surface area contributed by atoms with E-state index >= 15 is 0 Å². The van der Waals surface area contributed by atoms with E-state index < -0.39 is 33.7 Å². The van der Waals surface area contributed by atoms with Gasteiger partial charge in [0.2, 0.25) is 5.91 Å². The summed E-state index contributed by atoms with van der Waals surface area (Å²) in [5.74, 6) is -0.169. The Kier molecular flexibility index (Phi) is 5.08. The first-order valence-corrected chi connectivity index (χ1v) is 10.9. The summed E-state index contributed by atoms with van der Waals surface area (Å²) < 4.78 is 34.2. The highest BCUT2D eigenvalue weighted by Gasteiger charge is 2.42. The van der Waals surface area contributed by atoms with Crippen LogP contribution in [0.3, 0.4) is 0 Å². The number of hydrogen-bond donors (Lipinski definition) is 0. The number of rotatable bonds is 5. The number of nitrogens with zero attached hydrogens (tertiary/aromatic N) is 3. The molecule has 0 saturated heterocycles. The molecule has 0 bridgehead atoms. The lowest BCUT2D eigenvalue weighted by Gasteiger charge is -2.32. The van der Waals surface area contributed by atoms with E-state index in [0.717, 1.165) is 11.8 Å². The molecule has 0 saturated carbocycles. The van der Waals surface area contributed by atoms with E-state index in [1.807, 2.05) is 30.3 Å². The van der Waals surface area contributed by atoms with E-state index in [0.29, 0.717) is 5.69 Å². The van der Waals surface area contributed by atoms with Gasteiger partial charge in [0, 0.05) is 6.07 Å². The lowest BCUT2D eigenvalue weighted by molar-refractivity contribution is -0.117. The van der Waals surface area contributed by atoms with Crippen LogP contribution in [0.15, 0.2) is 47.3 Å². The fourth-order valence-electron chi connectivity index (χ4n) is 3.56. The van der Waals surface area contributed by atoms with Gasteiger partial charge in [-0.05, 0) is 11.6 Å². The number of carbonyl (C=O) groups excluding carboxylic acids is 2. The molecular weight excluding hydrogens is 414 g/mol. The second kappa shape index (κ2) is 7.58. The Morgan fingerprint density at radius 3 is 2.57 bits per heavy atom. The smallest absolute Gasteiger partial charge is 0.415 e. The maximum atomic E-state index is 12.7. The molecule has 1 unspecified atom stereocenters. The summed E-state index contributed by atoms with van der Waals surface area (Å²) in [6.45, 7) is -0.433. The summed E-state index contributed by atoms with van der Waals surface area (Å²) in [5.41, 5.74) is 0.711. The molecule has 2 aliphatic rings. The summed E-state index contributed by atoms with van der Waals surface area (Å²) in [6, 6.07) is 11.1. The van der Waals surface area contributed by atoms with Crippen molar-refractivity contribution in [3.8, 4) is 0 Å². The Morgan fingerprint density at radius 1 is 1.13 bits per heavy atom. The molecule has 2 aromatic rings. The van der Waals surface area contributed by atoms with Crippen molar-refractivity contribution in [1.82, 2.24) is 4.57 Å². The zero-order valence-electron chi connectivity index (χ0n) is 16.1. The SMILES string of the molecule is CS(=O)(=O)OCC1CN2C(=O)CN(C(=O)OCc3ccccc3)c3ccc(=O)n1c32. The molecular formula is C19H19N3O7S. The van der Waals surface area contributed by atoms with Crippen LogP contribution in [0.4, 0.5) is 16.3 Å². The number of carbonyl (C=O) groups is 2. The van der Waals surface area contributed by atoms with Gasteiger partial charge >= 0.3 is 6.09 Å². The van der Waals surface area contributed by atoms with Gasteiger partial charge in [0.15, 0.2) is 0 Å². The van der Waals surface area contributed by atoms with Gasteiger partial charge in [-0.2, -0.15) is 8.42 Å². The minimum atomic E-state index is -3.72. The van der Waals surface area contributed by atoms with E-state index in [1.54, 1.807) is 0 Å². The Balaban J connectivity index is 1.62. The van der Waals surface area contributed by atoms with Crippen molar-refractivity contribution in [2.75, 3.05) is 35.8 Å². The summed E-state index contributed by atoms with van der Waals surface area (Å²) in [5, 5.41) is 0. The first-order chi connectivity index (χ1) is 14.2. The second-order valence-corrected chi connectivity index (χ2v) is 8.67. The van der Waals surface area contributed by atoms with E-state index in [4.69, 9.17) is 8.92 Å². The van der Waals surface area contributed by atoms with Gasteiger partial charge in [0.1, 0.15) is 19.0 Å². The van der Waals surface area contributed by atoms with E-state index in [-0.39, 0.29) is 32.1 Å². The van der Waals surface area contributed by atoms with Crippen LogP contribution in [0.25, 0.3) is 0 Å². The Labute approximate surface area is 172 Å². The lowest BCUT2D eigenvalue weighted by Crippen LogP contribution is -2.48. The number of pyridine rings is 1. The van der Waals surface area contributed by atoms with Gasteiger partial charge in [-0.1, -0.05) is 30.3 Å². The van der Waals surface area contributed by atoms with Crippen LogP contribution >= 0.6 is 0 Å². The number of amides is 2. The lowest BCUT2D eigenvalue weighted by atomic mass is 10.2. The maximum absolute atomic E-state index is 12.7. The molecule has 10 nitrogen and oxygen atoms in total. The Bertz CT molecular complexity index is 1160. The summed E-state index contributed by atoms with van der Waals surface area (Å²) in [6.07, 6.45) is 0.192. The third kappa shape index (κ3) is 3.81. The summed E-state index contributed by atoms with van der Waals surface area (Å²) >= 11 is 0. The average molecular weight is 433 g/mol. The van der Waals surface area contributed by atoms with E-state index in [1.165, 1.54) is 26.5 Å². The molecule has 4 rings (SSSR count). The van der Waals surface area contributed by atoms with Gasteiger partial charge in [-0.25, -0.2) is 4.79 Å². The maximum Gasteiger partial charge on any atom is 0.415 e. The minimum absolute atomic E-state index is 0.0356. The molecule has 1 aromatic heterocycles. The number of aromatic nitrogens is 1. The molecule has 0 fully saturated rings. The monoisotopic (exact) mass is 433 g/mol. The van der Waals surface area contributed by atoms with Gasteiger partial charge < -0.3 is 4.74 Å². The second-order valence-electron chi connectivity index (χ2n) is 7.02. The molecule has 3 heterocycles. The molecule has 1 aromatic carbocycles. The molecule has 0 aliphatic carbocycles. The molecule has 11 heteroatoms. The van der Waals surface area contributed by atoms with Crippen molar-refractivity contribution < 1.29 is 26.9 Å². The standard InChI is InChI=1S/C19H19N3O7S/c1-30(26,27)29-12-14-9-21-17(24)10-20(15-7-8-16(23)22(14)18(15)21)19(25)28-11-13-5-3-2-4-6-13/h2-8,14H,9-12H2,1H3. The zero-order chi connectivity index (χ0) is 21.5. The molecule has 0 radical (unpaired) electrons. The largest absolute Gasteiger partial charge is 0.444 e. The quantitative estimate of drug-likeness (QED) is 0.643. The molecule has 2 amide bonds. The molecule has 30 heavy (non-hydrogen) atoms. The van der Waals surface area contributed by atoms with Gasteiger partial charge in [-0.15, -0.1) is 0 Å². The zero-order valence-corrected chi connectivity index (χ0v) is 16.9. The van der Waals surface area contributed by atoms with Crippen molar-refractivity contribution in [3.63, 3.8) is 0 Å². The fraction of sp³-hybridized carbons (Fsp3) is 0.316. The normalized spacial score (nSPS) is 17.8. The molecule has 0 N–H and O–H groups in total. The third-order valence-corrected chi connectivity index (χ3v) is 5.44. The van der Waals surface area contributed by atoms with Crippen LogP contribution in [-0.4, -0.2) is 50.9 Å². The van der Waals surface area contributed by atoms with Gasteiger partial charge in [0.25, 0.3) is 15.7 Å². The molecule has 158 valence electrons. The van der Waals surface area contributed by atoms with Crippen LogP contribution in [-0.2, 0) is 30.4 Å². The van der Waals surface area contributed by atoms with Gasteiger partial charge in [-0.3, -0.25) is 28.1 Å². The Hall–Kier alpha value is -3.18. The van der Waals surface area contributed by atoms with Crippen molar-refractivity contribution in [2.24, 2.45) is 0 Å². The van der Waals surface area contributed by atoms with E-state index in [2.05, 4.69) is 0 Å². The molecule has 0 spiro atoms.